The molecule has 0 aliphatic heterocycles. The van der Waals surface area contributed by atoms with E-state index in [4.69, 9.17) is 0 Å². The number of hydrogen-bond donors (Lipinski definition) is 3. The number of guanidine groups is 1. The Labute approximate surface area is 154 Å². The largest absolute Gasteiger partial charge is 0.356 e. The number of nitrogens with one attached hydrogen (secondary N) is 3. The Kier molecular flexibility index (Phi) is 7.64. The lowest BCUT2D eigenvalue weighted by Crippen LogP contribution is -2.42. The lowest BCUT2D eigenvalue weighted by molar-refractivity contribution is 0.316. The van der Waals surface area contributed by atoms with Crippen molar-refractivity contribution >= 4 is 27.3 Å². The third-order valence-corrected chi connectivity index (χ3v) is 6.89. The molecule has 142 valence electrons. The second kappa shape index (κ2) is 9.49. The summed E-state index contributed by atoms with van der Waals surface area (Å²) in [5, 5.41) is 7.34. The molecule has 1 aromatic heterocycles. The average Bonchev–Trinajstić information content (AvgIpc) is 2.82. The van der Waals surface area contributed by atoms with Crippen LogP contribution in [0.2, 0.25) is 0 Å². The molecule has 0 radical (unpaired) electrons. The number of aromatic nitrogens is 1. The predicted molar refractivity (Wildman–Crippen MR) is 104 cm³/mol. The third kappa shape index (κ3) is 6.91. The first kappa shape index (κ1) is 20.1. The molecule has 9 heteroatoms. The van der Waals surface area contributed by atoms with Gasteiger partial charge in [0.25, 0.3) is 0 Å². The monoisotopic (exact) mass is 387 g/mol. The fourth-order valence-corrected chi connectivity index (χ4v) is 4.41. The Morgan fingerprint density at radius 2 is 2.00 bits per heavy atom. The van der Waals surface area contributed by atoms with Crippen LogP contribution < -0.4 is 15.4 Å². The number of rotatable bonds is 9. The SMILES string of the molecule is CN=C(NCCc1nc(C)c(C)s1)NCCS(=O)(=O)NCC1CCC1. The van der Waals surface area contributed by atoms with Crippen molar-refractivity contribution in [3.63, 3.8) is 0 Å². The molecule has 0 bridgehead atoms. The minimum absolute atomic E-state index is 0.0469. The normalized spacial score (nSPS) is 15.9. The van der Waals surface area contributed by atoms with Gasteiger partial charge in [-0.25, -0.2) is 18.1 Å². The minimum Gasteiger partial charge on any atom is -0.356 e. The quantitative estimate of drug-likeness (QED) is 0.437. The van der Waals surface area contributed by atoms with E-state index in [2.05, 4.69) is 32.3 Å². The molecular formula is C16H29N5O2S2. The molecule has 0 saturated heterocycles. The summed E-state index contributed by atoms with van der Waals surface area (Å²) in [6.45, 7) is 5.70. The zero-order chi connectivity index (χ0) is 18.3. The molecule has 2 rings (SSSR count). The van der Waals surface area contributed by atoms with Crippen molar-refractivity contribution < 1.29 is 8.42 Å². The number of hydrogen-bond acceptors (Lipinski definition) is 5. The first-order valence-corrected chi connectivity index (χ1v) is 11.2. The number of nitrogens with zero attached hydrogens (tertiary/aromatic N) is 2. The second-order valence-electron chi connectivity index (χ2n) is 6.39. The molecule has 0 aromatic carbocycles. The summed E-state index contributed by atoms with van der Waals surface area (Å²) in [6, 6.07) is 0. The van der Waals surface area contributed by atoms with Crippen molar-refractivity contribution in [2.45, 2.75) is 39.5 Å². The third-order valence-electron chi connectivity index (χ3n) is 4.41. The molecule has 0 spiro atoms. The fraction of sp³-hybridized carbons (Fsp3) is 0.750. The van der Waals surface area contributed by atoms with Gasteiger partial charge in [0.15, 0.2) is 5.96 Å². The Morgan fingerprint density at radius 1 is 1.28 bits per heavy atom. The Morgan fingerprint density at radius 3 is 2.56 bits per heavy atom. The molecule has 1 fully saturated rings. The highest BCUT2D eigenvalue weighted by atomic mass is 32.2. The molecule has 1 aromatic rings. The maximum Gasteiger partial charge on any atom is 0.213 e. The zero-order valence-electron chi connectivity index (χ0n) is 15.3. The highest BCUT2D eigenvalue weighted by Crippen LogP contribution is 2.25. The number of thiazole rings is 1. The van der Waals surface area contributed by atoms with Gasteiger partial charge in [0.05, 0.1) is 16.5 Å². The topological polar surface area (TPSA) is 95.5 Å². The molecule has 1 saturated carbocycles. The van der Waals surface area contributed by atoms with Crippen LogP contribution in [-0.2, 0) is 16.4 Å². The van der Waals surface area contributed by atoms with E-state index in [9.17, 15) is 8.42 Å². The minimum atomic E-state index is -3.23. The van der Waals surface area contributed by atoms with Crippen molar-refractivity contribution in [2.24, 2.45) is 10.9 Å². The Hall–Kier alpha value is -1.19. The van der Waals surface area contributed by atoms with E-state index in [0.29, 0.717) is 31.5 Å². The van der Waals surface area contributed by atoms with E-state index >= 15 is 0 Å². The van der Waals surface area contributed by atoms with Crippen LogP contribution in [0, 0.1) is 19.8 Å². The average molecular weight is 388 g/mol. The van der Waals surface area contributed by atoms with Crippen molar-refractivity contribution in [1.29, 1.82) is 0 Å². The molecule has 25 heavy (non-hydrogen) atoms. The smallest absolute Gasteiger partial charge is 0.213 e. The number of sulfonamides is 1. The molecule has 1 heterocycles. The van der Waals surface area contributed by atoms with Crippen LogP contribution in [0.4, 0.5) is 0 Å². The molecular weight excluding hydrogens is 358 g/mol. The first-order chi connectivity index (χ1) is 11.9. The lowest BCUT2D eigenvalue weighted by Gasteiger charge is -2.25. The molecule has 0 unspecified atom stereocenters. The summed E-state index contributed by atoms with van der Waals surface area (Å²) in [6.07, 6.45) is 4.31. The van der Waals surface area contributed by atoms with E-state index in [1.165, 1.54) is 11.3 Å². The van der Waals surface area contributed by atoms with Gasteiger partial charge < -0.3 is 10.6 Å². The van der Waals surface area contributed by atoms with E-state index < -0.39 is 10.0 Å². The van der Waals surface area contributed by atoms with Crippen LogP contribution in [0.3, 0.4) is 0 Å². The second-order valence-corrected chi connectivity index (χ2v) is 9.60. The summed E-state index contributed by atoms with van der Waals surface area (Å²) in [4.78, 5) is 9.87. The number of aliphatic imine (C=N–C) groups is 1. The summed E-state index contributed by atoms with van der Waals surface area (Å²) >= 11 is 1.71. The van der Waals surface area contributed by atoms with Gasteiger partial charge in [-0.05, 0) is 32.6 Å². The van der Waals surface area contributed by atoms with Gasteiger partial charge >= 0.3 is 0 Å². The summed E-state index contributed by atoms with van der Waals surface area (Å²) in [5.41, 5.74) is 1.09. The lowest BCUT2D eigenvalue weighted by atomic mass is 9.86. The van der Waals surface area contributed by atoms with Gasteiger partial charge in [-0.15, -0.1) is 11.3 Å². The van der Waals surface area contributed by atoms with Crippen LogP contribution in [0.25, 0.3) is 0 Å². The Balaban J connectivity index is 1.63. The van der Waals surface area contributed by atoms with Crippen molar-refractivity contribution in [3.8, 4) is 0 Å². The van der Waals surface area contributed by atoms with Crippen LogP contribution in [0.5, 0.6) is 0 Å². The molecule has 1 aliphatic rings. The molecule has 0 amide bonds. The van der Waals surface area contributed by atoms with Gasteiger partial charge in [0.2, 0.25) is 10.0 Å². The van der Waals surface area contributed by atoms with Crippen LogP contribution in [-0.4, -0.2) is 51.8 Å². The van der Waals surface area contributed by atoms with Crippen LogP contribution in [0.15, 0.2) is 4.99 Å². The van der Waals surface area contributed by atoms with E-state index in [0.717, 1.165) is 30.0 Å². The van der Waals surface area contributed by atoms with Gasteiger partial charge in [-0.1, -0.05) is 6.42 Å². The standard InChI is InChI=1S/C16H29N5O2S2/c1-12-13(2)24-15(21-12)7-8-18-16(17-3)19-9-10-25(22,23)20-11-14-5-4-6-14/h14,20H,4-11H2,1-3H3,(H2,17,18,19). The molecule has 3 N–H and O–H groups in total. The van der Waals surface area contributed by atoms with Crippen molar-refractivity contribution in [1.82, 2.24) is 20.3 Å². The molecule has 0 atom stereocenters. The van der Waals surface area contributed by atoms with Gasteiger partial charge in [0.1, 0.15) is 0 Å². The summed E-state index contributed by atoms with van der Waals surface area (Å²) in [5.74, 6) is 1.18. The molecule has 7 nitrogen and oxygen atoms in total. The maximum atomic E-state index is 12.0. The Bertz CT molecular complexity index is 661. The predicted octanol–water partition coefficient (Wildman–Crippen LogP) is 1.19. The van der Waals surface area contributed by atoms with E-state index in [1.807, 2.05) is 6.92 Å². The first-order valence-electron chi connectivity index (χ1n) is 8.74. The van der Waals surface area contributed by atoms with Crippen molar-refractivity contribution in [2.75, 3.05) is 32.4 Å². The van der Waals surface area contributed by atoms with E-state index in [-0.39, 0.29) is 5.75 Å². The van der Waals surface area contributed by atoms with Crippen molar-refractivity contribution in [3.05, 3.63) is 15.6 Å². The van der Waals surface area contributed by atoms with Crippen LogP contribution in [0.1, 0.15) is 34.8 Å². The maximum absolute atomic E-state index is 12.0. The fourth-order valence-electron chi connectivity index (χ4n) is 2.47. The van der Waals surface area contributed by atoms with Gasteiger partial charge in [-0.3, -0.25) is 4.99 Å². The van der Waals surface area contributed by atoms with Crippen LogP contribution >= 0.6 is 11.3 Å². The highest BCUT2D eigenvalue weighted by Gasteiger charge is 2.20. The van der Waals surface area contributed by atoms with Gasteiger partial charge in [0, 0.05) is 38.0 Å². The van der Waals surface area contributed by atoms with Gasteiger partial charge in [-0.2, -0.15) is 0 Å². The zero-order valence-corrected chi connectivity index (χ0v) is 16.9. The summed E-state index contributed by atoms with van der Waals surface area (Å²) in [7, 11) is -1.55. The summed E-state index contributed by atoms with van der Waals surface area (Å²) < 4.78 is 26.6. The highest BCUT2D eigenvalue weighted by molar-refractivity contribution is 7.89. The number of aryl methyl sites for hydroxylation is 2. The molecule has 1 aliphatic carbocycles. The van der Waals surface area contributed by atoms with E-state index in [1.54, 1.807) is 18.4 Å².